The van der Waals surface area contributed by atoms with Crippen molar-refractivity contribution in [2.45, 2.75) is 31.8 Å². The standard InChI is InChI=1S/C13H19FN2/c1-10-9-11(15-2)7-8-16(10)13-6-4-3-5-12(13)14/h3-6,10-11,15H,7-9H2,1-2H3. The van der Waals surface area contributed by atoms with E-state index in [-0.39, 0.29) is 5.82 Å². The molecule has 1 aliphatic rings. The van der Waals surface area contributed by atoms with Gasteiger partial charge in [-0.1, -0.05) is 12.1 Å². The molecule has 1 N–H and O–H groups in total. The largest absolute Gasteiger partial charge is 0.366 e. The monoisotopic (exact) mass is 222 g/mol. The number of benzene rings is 1. The van der Waals surface area contributed by atoms with Crippen LogP contribution in [0.5, 0.6) is 0 Å². The van der Waals surface area contributed by atoms with E-state index in [1.165, 1.54) is 6.07 Å². The second-order valence-electron chi connectivity index (χ2n) is 4.50. The lowest BCUT2D eigenvalue weighted by Gasteiger charge is -2.39. The van der Waals surface area contributed by atoms with E-state index in [2.05, 4.69) is 17.1 Å². The predicted octanol–water partition coefficient (Wildman–Crippen LogP) is 2.40. The first-order valence-corrected chi connectivity index (χ1v) is 5.91. The zero-order chi connectivity index (χ0) is 11.5. The molecule has 2 rings (SSSR count). The van der Waals surface area contributed by atoms with Gasteiger partial charge in [0.2, 0.25) is 0 Å². The number of anilines is 1. The molecule has 1 aliphatic heterocycles. The van der Waals surface area contributed by atoms with Crippen LogP contribution < -0.4 is 10.2 Å². The van der Waals surface area contributed by atoms with Crippen molar-refractivity contribution in [2.24, 2.45) is 0 Å². The summed E-state index contributed by atoms with van der Waals surface area (Å²) in [6.07, 6.45) is 2.15. The van der Waals surface area contributed by atoms with E-state index in [9.17, 15) is 4.39 Å². The highest BCUT2D eigenvalue weighted by Gasteiger charge is 2.25. The molecular formula is C13H19FN2. The van der Waals surface area contributed by atoms with Crippen LogP contribution in [0.3, 0.4) is 0 Å². The van der Waals surface area contributed by atoms with Gasteiger partial charge in [-0.3, -0.25) is 0 Å². The number of halogens is 1. The molecule has 0 amide bonds. The summed E-state index contributed by atoms with van der Waals surface area (Å²) in [4.78, 5) is 2.17. The molecule has 16 heavy (non-hydrogen) atoms. The van der Waals surface area contributed by atoms with Crippen LogP contribution in [0, 0.1) is 5.82 Å². The Morgan fingerprint density at radius 2 is 2.12 bits per heavy atom. The second kappa shape index (κ2) is 4.83. The highest BCUT2D eigenvalue weighted by molar-refractivity contribution is 5.49. The van der Waals surface area contributed by atoms with Gasteiger partial charge in [-0.15, -0.1) is 0 Å². The van der Waals surface area contributed by atoms with Gasteiger partial charge in [-0.05, 0) is 38.9 Å². The lowest BCUT2D eigenvalue weighted by atomic mass is 9.97. The molecule has 2 nitrogen and oxygen atoms in total. The quantitative estimate of drug-likeness (QED) is 0.826. The second-order valence-corrected chi connectivity index (χ2v) is 4.50. The van der Waals surface area contributed by atoms with Crippen LogP contribution in [0.4, 0.5) is 10.1 Å². The summed E-state index contributed by atoms with van der Waals surface area (Å²) in [7, 11) is 2.00. The molecule has 1 aromatic rings. The van der Waals surface area contributed by atoms with Crippen molar-refractivity contribution in [3.05, 3.63) is 30.1 Å². The zero-order valence-electron chi connectivity index (χ0n) is 9.91. The zero-order valence-corrected chi connectivity index (χ0v) is 9.91. The van der Waals surface area contributed by atoms with Crippen LogP contribution in [-0.4, -0.2) is 25.7 Å². The van der Waals surface area contributed by atoms with Crippen molar-refractivity contribution >= 4 is 5.69 Å². The van der Waals surface area contributed by atoms with Crippen LogP contribution in [0.15, 0.2) is 24.3 Å². The summed E-state index contributed by atoms with van der Waals surface area (Å²) in [5.74, 6) is -0.114. The third-order valence-electron chi connectivity index (χ3n) is 3.45. The Balaban J connectivity index is 2.14. The summed E-state index contributed by atoms with van der Waals surface area (Å²) in [5, 5.41) is 3.30. The van der Waals surface area contributed by atoms with Gasteiger partial charge in [-0.2, -0.15) is 0 Å². The van der Waals surface area contributed by atoms with Crippen LogP contribution in [0.2, 0.25) is 0 Å². The number of piperidine rings is 1. The van der Waals surface area contributed by atoms with Gasteiger partial charge < -0.3 is 10.2 Å². The van der Waals surface area contributed by atoms with E-state index in [0.29, 0.717) is 12.1 Å². The summed E-state index contributed by atoms with van der Waals surface area (Å²) < 4.78 is 13.7. The lowest BCUT2D eigenvalue weighted by molar-refractivity contribution is 0.384. The molecule has 1 saturated heterocycles. The normalized spacial score (nSPS) is 25.8. The number of rotatable bonds is 2. The summed E-state index contributed by atoms with van der Waals surface area (Å²) in [6.45, 7) is 3.09. The highest BCUT2D eigenvalue weighted by atomic mass is 19.1. The van der Waals surface area contributed by atoms with Gasteiger partial charge in [0.05, 0.1) is 5.69 Å². The topological polar surface area (TPSA) is 15.3 Å². The van der Waals surface area contributed by atoms with E-state index >= 15 is 0 Å². The van der Waals surface area contributed by atoms with Crippen molar-refractivity contribution in [3.63, 3.8) is 0 Å². The van der Waals surface area contributed by atoms with Crippen LogP contribution in [0.1, 0.15) is 19.8 Å². The fraction of sp³-hybridized carbons (Fsp3) is 0.538. The molecular weight excluding hydrogens is 203 g/mol. The minimum absolute atomic E-state index is 0.114. The molecule has 0 bridgehead atoms. The van der Waals surface area contributed by atoms with Crippen molar-refractivity contribution in [3.8, 4) is 0 Å². The molecule has 88 valence electrons. The fourth-order valence-electron chi connectivity index (χ4n) is 2.48. The first-order chi connectivity index (χ1) is 7.72. The third-order valence-corrected chi connectivity index (χ3v) is 3.45. The molecule has 2 atom stereocenters. The summed E-state index contributed by atoms with van der Waals surface area (Å²) >= 11 is 0. The average molecular weight is 222 g/mol. The fourth-order valence-corrected chi connectivity index (χ4v) is 2.48. The van der Waals surface area contributed by atoms with Gasteiger partial charge >= 0.3 is 0 Å². The van der Waals surface area contributed by atoms with E-state index in [1.807, 2.05) is 19.2 Å². The van der Waals surface area contributed by atoms with Crippen LogP contribution in [-0.2, 0) is 0 Å². The van der Waals surface area contributed by atoms with Gasteiger partial charge in [0.15, 0.2) is 0 Å². The van der Waals surface area contributed by atoms with E-state index in [1.54, 1.807) is 6.07 Å². The lowest BCUT2D eigenvalue weighted by Crippen LogP contribution is -2.46. The Morgan fingerprint density at radius 1 is 1.38 bits per heavy atom. The van der Waals surface area contributed by atoms with Gasteiger partial charge in [0.1, 0.15) is 5.82 Å². The van der Waals surface area contributed by atoms with Crippen LogP contribution >= 0.6 is 0 Å². The predicted molar refractivity (Wildman–Crippen MR) is 65.3 cm³/mol. The summed E-state index contributed by atoms with van der Waals surface area (Å²) in [5.41, 5.74) is 0.740. The van der Waals surface area contributed by atoms with Crippen LogP contribution in [0.25, 0.3) is 0 Å². The minimum atomic E-state index is -0.114. The minimum Gasteiger partial charge on any atom is -0.366 e. The Hall–Kier alpha value is -1.09. The Bertz CT molecular complexity index is 354. The molecule has 3 heteroatoms. The third kappa shape index (κ3) is 2.19. The number of hydrogen-bond donors (Lipinski definition) is 1. The molecule has 0 saturated carbocycles. The SMILES string of the molecule is CNC1CCN(c2ccccc2F)C(C)C1. The Kier molecular flexibility index (Phi) is 3.44. The maximum Gasteiger partial charge on any atom is 0.146 e. The molecule has 0 aliphatic carbocycles. The molecule has 1 aromatic carbocycles. The molecule has 0 spiro atoms. The first-order valence-electron chi connectivity index (χ1n) is 5.91. The molecule has 2 unspecified atom stereocenters. The Morgan fingerprint density at radius 3 is 2.75 bits per heavy atom. The van der Waals surface area contributed by atoms with E-state index in [0.717, 1.165) is 25.1 Å². The molecule has 1 heterocycles. The number of nitrogens with zero attached hydrogens (tertiary/aromatic N) is 1. The average Bonchev–Trinajstić information content (AvgIpc) is 2.30. The highest BCUT2D eigenvalue weighted by Crippen LogP contribution is 2.26. The molecule has 0 radical (unpaired) electrons. The number of para-hydroxylation sites is 1. The smallest absolute Gasteiger partial charge is 0.146 e. The summed E-state index contributed by atoms with van der Waals surface area (Å²) in [6, 6.07) is 8.00. The van der Waals surface area contributed by atoms with Crippen molar-refractivity contribution < 1.29 is 4.39 Å². The maximum atomic E-state index is 13.7. The van der Waals surface area contributed by atoms with Crippen molar-refractivity contribution in [2.75, 3.05) is 18.5 Å². The van der Waals surface area contributed by atoms with Crippen molar-refractivity contribution in [1.29, 1.82) is 0 Å². The molecule has 1 fully saturated rings. The van der Waals surface area contributed by atoms with Gasteiger partial charge in [-0.25, -0.2) is 4.39 Å². The first kappa shape index (κ1) is 11.4. The van der Waals surface area contributed by atoms with E-state index < -0.39 is 0 Å². The van der Waals surface area contributed by atoms with Crippen molar-refractivity contribution in [1.82, 2.24) is 5.32 Å². The van der Waals surface area contributed by atoms with E-state index in [4.69, 9.17) is 0 Å². The number of nitrogens with one attached hydrogen (secondary N) is 1. The Labute approximate surface area is 96.5 Å². The maximum absolute atomic E-state index is 13.7. The van der Waals surface area contributed by atoms with Gasteiger partial charge in [0.25, 0.3) is 0 Å². The molecule has 0 aromatic heterocycles. The number of hydrogen-bond acceptors (Lipinski definition) is 2. The van der Waals surface area contributed by atoms with Gasteiger partial charge in [0, 0.05) is 18.6 Å².